The number of carbonyl (C=O) groups excluding carboxylic acids is 2. The van der Waals surface area contributed by atoms with Crippen LogP contribution >= 0.6 is 0 Å². The van der Waals surface area contributed by atoms with Gasteiger partial charge < -0.3 is 5.32 Å². The van der Waals surface area contributed by atoms with Crippen LogP contribution in [0.3, 0.4) is 0 Å². The van der Waals surface area contributed by atoms with Gasteiger partial charge in [-0.2, -0.15) is 0 Å². The smallest absolute Gasteiger partial charge is 0.238 e. The summed E-state index contributed by atoms with van der Waals surface area (Å²) in [6.45, 7) is 3.96. The lowest BCUT2D eigenvalue weighted by atomic mass is 10.1. The molecule has 1 saturated heterocycles. The van der Waals surface area contributed by atoms with Gasteiger partial charge in [0.25, 0.3) is 0 Å². The van der Waals surface area contributed by atoms with Gasteiger partial charge in [-0.1, -0.05) is 25.0 Å². The molecule has 1 heterocycles. The average Bonchev–Trinajstić information content (AvgIpc) is 2.67. The normalized spacial score (nSPS) is 16.4. The zero-order chi connectivity index (χ0) is 14.4. The summed E-state index contributed by atoms with van der Waals surface area (Å²) in [6, 6.07) is 7.08. The number of hydrogen-bond acceptors (Lipinski definition) is 3. The number of nitrogens with one attached hydrogen (secondary N) is 1. The van der Waals surface area contributed by atoms with Gasteiger partial charge in [-0.3, -0.25) is 14.5 Å². The van der Waals surface area contributed by atoms with Crippen molar-refractivity contribution in [1.82, 2.24) is 4.90 Å². The largest absolute Gasteiger partial charge is 0.325 e. The third-order valence-electron chi connectivity index (χ3n) is 3.62. The molecule has 0 atom stereocenters. The Morgan fingerprint density at radius 1 is 1.15 bits per heavy atom. The highest BCUT2D eigenvalue weighted by Crippen LogP contribution is 2.12. The van der Waals surface area contributed by atoms with Crippen molar-refractivity contribution in [2.45, 2.75) is 32.6 Å². The SMILES string of the molecule is CC(=O)c1cccc(NC(=O)CN2CCCCCC2)c1. The molecule has 0 saturated carbocycles. The number of Topliss-reactive ketones (excluding diaryl/α,β-unsaturated/α-hetero) is 1. The topological polar surface area (TPSA) is 49.4 Å². The van der Waals surface area contributed by atoms with Crippen molar-refractivity contribution in [3.8, 4) is 0 Å². The minimum absolute atomic E-state index is 0.00685. The van der Waals surface area contributed by atoms with E-state index in [2.05, 4.69) is 10.2 Å². The summed E-state index contributed by atoms with van der Waals surface area (Å²) in [4.78, 5) is 25.6. The molecule has 0 bridgehead atoms. The van der Waals surface area contributed by atoms with E-state index in [-0.39, 0.29) is 11.7 Å². The van der Waals surface area contributed by atoms with E-state index in [4.69, 9.17) is 0 Å². The van der Waals surface area contributed by atoms with Crippen molar-refractivity contribution in [2.75, 3.05) is 25.0 Å². The molecule has 4 nitrogen and oxygen atoms in total. The highest BCUT2D eigenvalue weighted by molar-refractivity contribution is 5.97. The van der Waals surface area contributed by atoms with Crippen LogP contribution in [0.25, 0.3) is 0 Å². The Morgan fingerprint density at radius 3 is 2.50 bits per heavy atom. The van der Waals surface area contributed by atoms with E-state index in [1.54, 1.807) is 18.2 Å². The first-order chi connectivity index (χ1) is 9.65. The van der Waals surface area contributed by atoms with Crippen molar-refractivity contribution < 1.29 is 9.59 Å². The lowest BCUT2D eigenvalue weighted by molar-refractivity contribution is -0.117. The molecule has 0 spiro atoms. The number of carbonyl (C=O) groups is 2. The molecule has 0 aromatic heterocycles. The van der Waals surface area contributed by atoms with Crippen LogP contribution in [0.5, 0.6) is 0 Å². The molecule has 0 radical (unpaired) electrons. The Labute approximate surface area is 120 Å². The summed E-state index contributed by atoms with van der Waals surface area (Å²) in [7, 11) is 0. The zero-order valence-corrected chi connectivity index (χ0v) is 12.0. The summed E-state index contributed by atoms with van der Waals surface area (Å²) >= 11 is 0. The summed E-state index contributed by atoms with van der Waals surface area (Å²) in [6.07, 6.45) is 4.87. The van der Waals surface area contributed by atoms with Gasteiger partial charge in [-0.15, -0.1) is 0 Å². The van der Waals surface area contributed by atoms with Crippen molar-refractivity contribution in [1.29, 1.82) is 0 Å². The molecule has 1 aromatic rings. The van der Waals surface area contributed by atoms with Crippen LogP contribution < -0.4 is 5.32 Å². The number of anilines is 1. The predicted octanol–water partition coefficient (Wildman–Crippen LogP) is 2.70. The summed E-state index contributed by atoms with van der Waals surface area (Å²) in [5.41, 5.74) is 1.31. The Bertz CT molecular complexity index is 477. The van der Waals surface area contributed by atoms with E-state index in [1.807, 2.05) is 6.07 Å². The standard InChI is InChI=1S/C16H22N2O2/c1-13(19)14-7-6-8-15(11-14)17-16(20)12-18-9-4-2-3-5-10-18/h6-8,11H,2-5,9-10,12H2,1H3,(H,17,20). The van der Waals surface area contributed by atoms with Crippen LogP contribution in [0.15, 0.2) is 24.3 Å². The first-order valence-corrected chi connectivity index (χ1v) is 7.28. The molecular weight excluding hydrogens is 252 g/mol. The second-order valence-corrected chi connectivity index (χ2v) is 5.38. The van der Waals surface area contributed by atoms with E-state index < -0.39 is 0 Å². The lowest BCUT2D eigenvalue weighted by Gasteiger charge is -2.19. The van der Waals surface area contributed by atoms with Gasteiger partial charge in [0, 0.05) is 11.3 Å². The zero-order valence-electron chi connectivity index (χ0n) is 12.0. The van der Waals surface area contributed by atoms with Crippen LogP contribution in [-0.4, -0.2) is 36.2 Å². The summed E-state index contributed by atoms with van der Waals surface area (Å²) in [5, 5.41) is 2.87. The molecule has 4 heteroatoms. The van der Waals surface area contributed by atoms with E-state index in [9.17, 15) is 9.59 Å². The van der Waals surface area contributed by atoms with Crippen LogP contribution in [0.2, 0.25) is 0 Å². The third-order valence-corrected chi connectivity index (χ3v) is 3.62. The van der Waals surface area contributed by atoms with Crippen molar-refractivity contribution in [3.63, 3.8) is 0 Å². The lowest BCUT2D eigenvalue weighted by Crippen LogP contribution is -2.33. The van der Waals surface area contributed by atoms with E-state index >= 15 is 0 Å². The van der Waals surface area contributed by atoms with Gasteiger partial charge in [0.05, 0.1) is 6.54 Å². The molecule has 20 heavy (non-hydrogen) atoms. The first-order valence-electron chi connectivity index (χ1n) is 7.28. The van der Waals surface area contributed by atoms with Gasteiger partial charge in [-0.25, -0.2) is 0 Å². The molecule has 1 amide bonds. The number of benzene rings is 1. The van der Waals surface area contributed by atoms with E-state index in [0.717, 1.165) is 13.1 Å². The molecule has 1 N–H and O–H groups in total. The number of likely N-dealkylation sites (tertiary alicyclic amines) is 1. The van der Waals surface area contributed by atoms with Crippen molar-refractivity contribution >= 4 is 17.4 Å². The minimum Gasteiger partial charge on any atom is -0.325 e. The number of rotatable bonds is 4. The second-order valence-electron chi connectivity index (χ2n) is 5.38. The van der Waals surface area contributed by atoms with Crippen LogP contribution in [0.1, 0.15) is 43.0 Å². The van der Waals surface area contributed by atoms with Gasteiger partial charge in [-0.05, 0) is 45.0 Å². The Kier molecular flexibility index (Phi) is 5.30. The van der Waals surface area contributed by atoms with Crippen LogP contribution in [0, 0.1) is 0 Å². The highest BCUT2D eigenvalue weighted by Gasteiger charge is 2.13. The monoisotopic (exact) mass is 274 g/mol. The number of ketones is 1. The van der Waals surface area contributed by atoms with E-state index in [0.29, 0.717) is 17.8 Å². The Hall–Kier alpha value is -1.68. The molecule has 1 fully saturated rings. The number of amides is 1. The van der Waals surface area contributed by atoms with Gasteiger partial charge in [0.15, 0.2) is 5.78 Å². The average molecular weight is 274 g/mol. The summed E-state index contributed by atoms with van der Waals surface area (Å²) < 4.78 is 0. The van der Waals surface area contributed by atoms with Crippen LogP contribution in [-0.2, 0) is 4.79 Å². The van der Waals surface area contributed by atoms with Gasteiger partial charge in [0.1, 0.15) is 0 Å². The molecule has 0 unspecified atom stereocenters. The van der Waals surface area contributed by atoms with Gasteiger partial charge >= 0.3 is 0 Å². The predicted molar refractivity (Wildman–Crippen MR) is 80.0 cm³/mol. The van der Waals surface area contributed by atoms with E-state index in [1.165, 1.54) is 32.6 Å². The highest BCUT2D eigenvalue weighted by atomic mass is 16.2. The molecule has 0 aliphatic carbocycles. The number of hydrogen-bond donors (Lipinski definition) is 1. The fourth-order valence-corrected chi connectivity index (χ4v) is 2.51. The maximum Gasteiger partial charge on any atom is 0.238 e. The molecule has 1 aromatic carbocycles. The minimum atomic E-state index is -0.00685. The Balaban J connectivity index is 1.90. The molecular formula is C16H22N2O2. The fraction of sp³-hybridized carbons (Fsp3) is 0.500. The maximum atomic E-state index is 12.0. The van der Waals surface area contributed by atoms with Crippen molar-refractivity contribution in [2.24, 2.45) is 0 Å². The third kappa shape index (κ3) is 4.46. The molecule has 1 aliphatic heterocycles. The van der Waals surface area contributed by atoms with Crippen molar-refractivity contribution in [3.05, 3.63) is 29.8 Å². The summed E-state index contributed by atoms with van der Waals surface area (Å²) in [5.74, 6) is 0.00113. The molecule has 108 valence electrons. The van der Waals surface area contributed by atoms with Gasteiger partial charge in [0.2, 0.25) is 5.91 Å². The first kappa shape index (κ1) is 14.7. The quantitative estimate of drug-likeness (QED) is 0.859. The molecule has 2 rings (SSSR count). The maximum absolute atomic E-state index is 12.0. The van der Waals surface area contributed by atoms with Crippen LogP contribution in [0.4, 0.5) is 5.69 Å². The second kappa shape index (κ2) is 7.20. The fourth-order valence-electron chi connectivity index (χ4n) is 2.51. The Morgan fingerprint density at radius 2 is 1.85 bits per heavy atom. The molecule has 1 aliphatic rings. The number of nitrogens with zero attached hydrogens (tertiary/aromatic N) is 1.